The molecule has 7 aromatic carbocycles. The average Bonchev–Trinajstić information content (AvgIpc) is 1.67. The molecule has 0 radical (unpaired) electrons. The van der Waals surface area contributed by atoms with Crippen LogP contribution in [0, 0.1) is 22.7 Å². The maximum absolute atomic E-state index is 12.3. The zero-order chi connectivity index (χ0) is 62.9. The smallest absolute Gasteiger partial charge is 0.411 e. The number of aliphatic hydroxyl groups is 2. The Bertz CT molecular complexity index is 3120. The van der Waals surface area contributed by atoms with Crippen molar-refractivity contribution in [2.45, 2.75) is 125 Å². The number of carbonyl (C=O) groups excluding carboxylic acids is 3. The Labute approximate surface area is 520 Å². The second kappa shape index (κ2) is 33.6. The Morgan fingerprint density at radius 2 is 0.843 bits per heavy atom. The van der Waals surface area contributed by atoms with Gasteiger partial charge in [-0.05, 0) is 34.2 Å². The van der Waals surface area contributed by atoms with Crippen LogP contribution in [0.25, 0.3) is 0 Å². The number of rotatable bonds is 20. The third-order valence-corrected chi connectivity index (χ3v) is 15.3. The van der Waals surface area contributed by atoms with Gasteiger partial charge in [0.2, 0.25) is 0 Å². The van der Waals surface area contributed by atoms with Gasteiger partial charge in [-0.1, -0.05) is 219 Å². The summed E-state index contributed by atoms with van der Waals surface area (Å²) in [4.78, 5) is 37.9. The van der Waals surface area contributed by atoms with Gasteiger partial charge in [-0.3, -0.25) is 9.80 Å². The fraction of sp³-hybridized carbons (Fsp3) is 0.338. The van der Waals surface area contributed by atoms with Gasteiger partial charge in [0.25, 0.3) is 0 Å². The highest BCUT2D eigenvalue weighted by Gasteiger charge is 2.64. The van der Waals surface area contributed by atoms with E-state index in [0.717, 1.165) is 51.7 Å². The Hall–Kier alpha value is -8.63. The highest BCUT2D eigenvalue weighted by molar-refractivity contribution is 5.71. The maximum atomic E-state index is 12.3. The molecule has 11 atom stereocenters. The predicted molar refractivity (Wildman–Crippen MR) is 328 cm³/mol. The molecule has 2 aliphatic heterocycles. The van der Waals surface area contributed by atoms with Crippen LogP contribution >= 0.6 is 0 Å². The van der Waals surface area contributed by atoms with Crippen LogP contribution in [0.2, 0.25) is 0 Å². The van der Waals surface area contributed by atoms with Crippen LogP contribution in [0.5, 0.6) is 0 Å². The number of carbonyl (C=O) groups is 3. The van der Waals surface area contributed by atoms with Gasteiger partial charge in [0.05, 0.1) is 84.7 Å². The van der Waals surface area contributed by atoms with E-state index in [9.17, 15) is 35.1 Å². The van der Waals surface area contributed by atoms with Gasteiger partial charge in [-0.15, -0.1) is 0 Å². The third kappa shape index (κ3) is 18.5. The molecule has 89 heavy (non-hydrogen) atoms. The molecular formula is C71H76N4O14. The van der Waals surface area contributed by atoms with E-state index in [2.05, 4.69) is 12.1 Å². The number of nitrogens with zero attached hydrogens (tertiary/aromatic N) is 4. The number of benzene rings is 7. The normalized spacial score (nSPS) is 24.0. The summed E-state index contributed by atoms with van der Waals surface area (Å²) >= 11 is 0. The number of aldehydes is 1. The van der Waals surface area contributed by atoms with Crippen LogP contribution in [-0.4, -0.2) is 120 Å². The van der Waals surface area contributed by atoms with Crippen molar-refractivity contribution in [3.8, 4) is 12.1 Å². The van der Waals surface area contributed by atoms with Gasteiger partial charge in [-0.25, -0.2) is 9.59 Å². The minimum Gasteiger partial charge on any atom is -0.453 e. The molecule has 18 nitrogen and oxygen atoms in total. The molecule has 4 fully saturated rings. The Morgan fingerprint density at radius 3 is 1.15 bits per heavy atom. The first-order valence-corrected chi connectivity index (χ1v) is 29.5. The topological polar surface area (TPSA) is 229 Å². The SMILES string of the molecule is CCC(C=O)OCc1ccccc1.COC(=O)N(Cc1ccccc1)[C@@]1(C#N)C[C@@H]1OCc1ccccc1.COC(=O)N(Cc1ccccc1)[C@]1(C#N)C[C@@H]1OCc1ccccc1.O[C@@H]1COC(c2ccccc2)O[C@@H]1[C@H]1OC(c2ccccc2)OC[C@H]1O. The molecule has 18 heteroatoms. The summed E-state index contributed by atoms with van der Waals surface area (Å²) in [7, 11) is 2.65. The van der Waals surface area contributed by atoms with Crippen molar-refractivity contribution in [1.82, 2.24) is 9.80 Å². The van der Waals surface area contributed by atoms with E-state index in [4.69, 9.17) is 42.6 Å². The number of nitriles is 2. The predicted octanol–water partition coefficient (Wildman–Crippen LogP) is 11.1. The van der Waals surface area contributed by atoms with Crippen LogP contribution in [-0.2, 0) is 80.3 Å². The number of amides is 2. The molecule has 0 aromatic heterocycles. The molecule has 2 saturated heterocycles. The largest absolute Gasteiger partial charge is 0.453 e. The van der Waals surface area contributed by atoms with E-state index in [1.807, 2.05) is 219 Å². The lowest BCUT2D eigenvalue weighted by Gasteiger charge is -2.43. The van der Waals surface area contributed by atoms with Crippen molar-refractivity contribution in [2.75, 3.05) is 27.4 Å². The van der Waals surface area contributed by atoms with E-state index < -0.39 is 60.3 Å². The summed E-state index contributed by atoms with van der Waals surface area (Å²) in [6.07, 6.45) is -3.85. The van der Waals surface area contributed by atoms with Gasteiger partial charge in [0.1, 0.15) is 36.8 Å². The van der Waals surface area contributed by atoms with Crippen molar-refractivity contribution in [3.63, 3.8) is 0 Å². The lowest BCUT2D eigenvalue weighted by Crippen LogP contribution is -2.55. The van der Waals surface area contributed by atoms with Crippen molar-refractivity contribution >= 4 is 18.5 Å². The van der Waals surface area contributed by atoms with Crippen molar-refractivity contribution in [3.05, 3.63) is 251 Å². The Balaban J connectivity index is 0.000000157. The fourth-order valence-electron chi connectivity index (χ4n) is 10.1. The maximum Gasteiger partial charge on any atom is 0.411 e. The van der Waals surface area contributed by atoms with Gasteiger partial charge >= 0.3 is 12.2 Å². The minimum absolute atomic E-state index is 0.105. The molecule has 2 heterocycles. The fourth-order valence-corrected chi connectivity index (χ4v) is 10.1. The van der Waals surface area contributed by atoms with Crippen LogP contribution < -0.4 is 0 Å². The van der Waals surface area contributed by atoms with Crippen LogP contribution in [0.3, 0.4) is 0 Å². The summed E-state index contributed by atoms with van der Waals surface area (Å²) < 4.78 is 50.1. The first-order valence-electron chi connectivity index (χ1n) is 29.5. The standard InChI is InChI=1S/2C20H20N2O3.C20H22O6.C11H14O2/c2*1-24-19(23)22(13-16-8-4-2-5-9-16)20(15-21)12-18(20)25-14-17-10-6-3-7-11-17;21-15-11-23-19(13-7-3-1-4-8-13)25-17(15)18-16(22)12-24-20(26-18)14-9-5-2-6-10-14;1-2-11(8-12)13-9-10-6-4-3-5-7-10/h2*2-11,18H,12-14H2,1H3;1-10,15-22H,11-12H2;3-8,11H,2,9H2,1H3/t18-,20+;18-,20-;15-,16-,17+,18+,19?,20?;/m001./s1. The summed E-state index contributed by atoms with van der Waals surface area (Å²) in [5.41, 5.74) is 4.81. The van der Waals surface area contributed by atoms with Crippen molar-refractivity contribution in [1.29, 1.82) is 10.5 Å². The number of hydrogen-bond donors (Lipinski definition) is 2. The second-order valence-electron chi connectivity index (χ2n) is 21.5. The van der Waals surface area contributed by atoms with E-state index in [0.29, 0.717) is 45.8 Å². The summed E-state index contributed by atoms with van der Waals surface area (Å²) in [5.74, 6) is 0. The molecule has 7 aromatic rings. The summed E-state index contributed by atoms with van der Waals surface area (Å²) in [5, 5.41) is 40.2. The Kier molecular flexibility index (Phi) is 25.1. The van der Waals surface area contributed by atoms with Crippen molar-refractivity contribution in [2.24, 2.45) is 0 Å². The number of ether oxygens (including phenoxy) is 9. The van der Waals surface area contributed by atoms with Crippen molar-refractivity contribution < 1.29 is 67.2 Å². The molecule has 0 spiro atoms. The van der Waals surface area contributed by atoms with Crippen LogP contribution in [0.15, 0.2) is 212 Å². The Morgan fingerprint density at radius 1 is 0.528 bits per heavy atom. The minimum atomic E-state index is -0.974. The molecule has 0 bridgehead atoms. The van der Waals surface area contributed by atoms with E-state index >= 15 is 0 Å². The molecule has 3 unspecified atom stereocenters. The monoisotopic (exact) mass is 1210 g/mol. The average molecular weight is 1210 g/mol. The lowest BCUT2D eigenvalue weighted by atomic mass is 10.0. The van der Waals surface area contributed by atoms with Gasteiger partial charge < -0.3 is 57.6 Å². The zero-order valence-corrected chi connectivity index (χ0v) is 50.1. The molecule has 2 aliphatic carbocycles. The summed E-state index contributed by atoms with van der Waals surface area (Å²) in [6.45, 7) is 4.10. The van der Waals surface area contributed by atoms with E-state index in [-0.39, 0.29) is 31.5 Å². The number of aliphatic hydroxyl groups excluding tert-OH is 2. The molecule has 4 aliphatic rings. The third-order valence-electron chi connectivity index (χ3n) is 15.3. The molecule has 2 N–H and O–H groups in total. The van der Waals surface area contributed by atoms with E-state index in [1.54, 1.807) is 0 Å². The second-order valence-corrected chi connectivity index (χ2v) is 21.5. The first-order chi connectivity index (χ1) is 43.5. The molecular weight excluding hydrogens is 1130 g/mol. The van der Waals surface area contributed by atoms with Crippen LogP contribution in [0.1, 0.15) is 77.7 Å². The number of methoxy groups -OCH3 is 2. The quantitative estimate of drug-likeness (QED) is 0.0676. The van der Waals surface area contributed by atoms with E-state index in [1.165, 1.54) is 24.0 Å². The van der Waals surface area contributed by atoms with Gasteiger partial charge in [0, 0.05) is 24.0 Å². The van der Waals surface area contributed by atoms with Gasteiger partial charge in [-0.2, -0.15) is 10.5 Å². The number of hydrogen-bond acceptors (Lipinski definition) is 16. The summed E-state index contributed by atoms with van der Waals surface area (Å²) in [6, 6.07) is 72.0. The molecule has 11 rings (SSSR count). The van der Waals surface area contributed by atoms with Gasteiger partial charge in [0.15, 0.2) is 23.7 Å². The highest BCUT2D eigenvalue weighted by atomic mass is 16.7. The zero-order valence-electron chi connectivity index (χ0n) is 50.1. The molecule has 2 amide bonds. The first kappa shape index (κ1) is 66.3. The molecule has 2 saturated carbocycles. The molecule has 464 valence electrons. The van der Waals surface area contributed by atoms with Crippen LogP contribution in [0.4, 0.5) is 9.59 Å². The highest BCUT2D eigenvalue weighted by Crippen LogP contribution is 2.47. The lowest BCUT2D eigenvalue weighted by molar-refractivity contribution is -0.331.